The molecule has 0 amide bonds. The zero-order chi connectivity index (χ0) is 11.0. The largest absolute Gasteiger partial charge is 0.135 e. The van der Waals surface area contributed by atoms with Gasteiger partial charge < -0.3 is 0 Å². The van der Waals surface area contributed by atoms with Crippen LogP contribution < -0.4 is 0 Å². The normalized spacial score (nSPS) is 10.8. The molecule has 3 aromatic rings. The molecule has 16 heavy (non-hydrogen) atoms. The van der Waals surface area contributed by atoms with Crippen LogP contribution in [0, 0.1) is 13.0 Å². The second-order valence-corrected chi connectivity index (χ2v) is 5.03. The molecule has 0 N–H and O–H groups in total. The van der Waals surface area contributed by atoms with E-state index in [2.05, 4.69) is 55.5 Å². The molecule has 2 aromatic carbocycles. The van der Waals surface area contributed by atoms with E-state index in [-0.39, 0.29) is 0 Å². The first-order valence-electron chi connectivity index (χ1n) is 5.29. The van der Waals surface area contributed by atoms with E-state index in [9.17, 15) is 0 Å². The van der Waals surface area contributed by atoms with E-state index in [1.165, 1.54) is 26.1 Å². The van der Waals surface area contributed by atoms with Crippen molar-refractivity contribution >= 4 is 21.4 Å². The minimum Gasteiger partial charge on any atom is -0.135 e. The van der Waals surface area contributed by atoms with E-state index >= 15 is 0 Å². The first kappa shape index (κ1) is 9.61. The monoisotopic (exact) mass is 223 g/mol. The summed E-state index contributed by atoms with van der Waals surface area (Å²) in [5.74, 6) is 0. The first-order valence-corrected chi connectivity index (χ1v) is 6.11. The van der Waals surface area contributed by atoms with Gasteiger partial charge in [0.25, 0.3) is 0 Å². The highest BCUT2D eigenvalue weighted by Gasteiger charge is 2.03. The lowest BCUT2D eigenvalue weighted by Gasteiger charge is -1.97. The highest BCUT2D eigenvalue weighted by molar-refractivity contribution is 7.22. The molecule has 77 valence electrons. The molecule has 0 aliphatic heterocycles. The van der Waals surface area contributed by atoms with Gasteiger partial charge in [0.15, 0.2) is 0 Å². The van der Waals surface area contributed by atoms with Gasteiger partial charge in [0, 0.05) is 9.58 Å². The number of hydrogen-bond donors (Lipinski definition) is 0. The van der Waals surface area contributed by atoms with Crippen LogP contribution >= 0.6 is 11.3 Å². The summed E-state index contributed by atoms with van der Waals surface area (Å²) in [5, 5.41) is 1.32. The van der Waals surface area contributed by atoms with Gasteiger partial charge in [-0.05, 0) is 47.7 Å². The SMILES string of the molecule is Cc1c[c]cc(-c2cc3ccccc3s2)c1. The summed E-state index contributed by atoms with van der Waals surface area (Å²) >= 11 is 1.84. The van der Waals surface area contributed by atoms with Crippen LogP contribution in [0.15, 0.2) is 48.5 Å². The first-order chi connectivity index (χ1) is 7.83. The van der Waals surface area contributed by atoms with Gasteiger partial charge >= 0.3 is 0 Å². The molecule has 0 bridgehead atoms. The molecular formula is C15H11S. The Morgan fingerprint density at radius 1 is 1.06 bits per heavy atom. The summed E-state index contributed by atoms with van der Waals surface area (Å²) in [7, 11) is 0. The van der Waals surface area contributed by atoms with Crippen molar-refractivity contribution in [1.82, 2.24) is 0 Å². The second-order valence-electron chi connectivity index (χ2n) is 3.95. The number of fused-ring (bicyclic) bond motifs is 1. The fraction of sp³-hybridized carbons (Fsp3) is 0.0667. The van der Waals surface area contributed by atoms with Crippen molar-refractivity contribution in [1.29, 1.82) is 0 Å². The Morgan fingerprint density at radius 3 is 2.75 bits per heavy atom. The molecular weight excluding hydrogens is 212 g/mol. The minimum atomic E-state index is 1.26. The van der Waals surface area contributed by atoms with Crippen LogP contribution in [0.25, 0.3) is 20.5 Å². The maximum atomic E-state index is 3.18. The molecule has 0 saturated carbocycles. The van der Waals surface area contributed by atoms with Crippen LogP contribution in [0.1, 0.15) is 5.56 Å². The molecule has 0 atom stereocenters. The maximum absolute atomic E-state index is 3.18. The van der Waals surface area contributed by atoms with Crippen molar-refractivity contribution in [3.63, 3.8) is 0 Å². The smallest absolute Gasteiger partial charge is 0.0355 e. The molecule has 0 saturated heterocycles. The van der Waals surface area contributed by atoms with Crippen LogP contribution in [0.4, 0.5) is 0 Å². The molecule has 1 radical (unpaired) electrons. The lowest BCUT2D eigenvalue weighted by Crippen LogP contribution is -1.74. The van der Waals surface area contributed by atoms with Crippen molar-refractivity contribution < 1.29 is 0 Å². The zero-order valence-corrected chi connectivity index (χ0v) is 9.84. The lowest BCUT2D eigenvalue weighted by molar-refractivity contribution is 1.47. The minimum absolute atomic E-state index is 1.26. The van der Waals surface area contributed by atoms with E-state index in [1.807, 2.05) is 17.4 Å². The number of benzene rings is 2. The summed E-state index contributed by atoms with van der Waals surface area (Å²) < 4.78 is 1.35. The summed E-state index contributed by atoms with van der Waals surface area (Å²) in [6.45, 7) is 2.10. The molecule has 0 fully saturated rings. The molecule has 0 aliphatic rings. The Hall–Kier alpha value is -1.60. The molecule has 0 nitrogen and oxygen atoms in total. The Bertz CT molecular complexity index is 601. The zero-order valence-electron chi connectivity index (χ0n) is 9.03. The van der Waals surface area contributed by atoms with Crippen LogP contribution in [0.3, 0.4) is 0 Å². The van der Waals surface area contributed by atoms with Gasteiger partial charge in [0.1, 0.15) is 0 Å². The van der Waals surface area contributed by atoms with Crippen molar-refractivity contribution in [2.75, 3.05) is 0 Å². The van der Waals surface area contributed by atoms with Gasteiger partial charge in [-0.2, -0.15) is 0 Å². The third-order valence-corrected chi connectivity index (χ3v) is 3.81. The average Bonchev–Trinajstić information content (AvgIpc) is 2.72. The van der Waals surface area contributed by atoms with E-state index in [0.29, 0.717) is 0 Å². The average molecular weight is 223 g/mol. The number of hydrogen-bond acceptors (Lipinski definition) is 1. The number of aryl methyl sites for hydroxylation is 1. The van der Waals surface area contributed by atoms with Crippen LogP contribution in [0.5, 0.6) is 0 Å². The van der Waals surface area contributed by atoms with E-state index in [0.717, 1.165) is 0 Å². The highest BCUT2D eigenvalue weighted by Crippen LogP contribution is 2.33. The summed E-state index contributed by atoms with van der Waals surface area (Å²) in [6, 6.07) is 20.2. The van der Waals surface area contributed by atoms with Gasteiger partial charge in [0.2, 0.25) is 0 Å². The fourth-order valence-corrected chi connectivity index (χ4v) is 2.91. The van der Waals surface area contributed by atoms with Crippen molar-refractivity contribution in [3.05, 3.63) is 60.2 Å². The number of rotatable bonds is 1. The van der Waals surface area contributed by atoms with Gasteiger partial charge in [-0.1, -0.05) is 30.3 Å². The molecule has 3 rings (SSSR count). The molecule has 0 aliphatic carbocycles. The van der Waals surface area contributed by atoms with Gasteiger partial charge in [-0.3, -0.25) is 0 Å². The molecule has 1 heteroatoms. The van der Waals surface area contributed by atoms with E-state index in [4.69, 9.17) is 0 Å². The van der Waals surface area contributed by atoms with E-state index in [1.54, 1.807) is 0 Å². The maximum Gasteiger partial charge on any atom is 0.0355 e. The summed E-state index contributed by atoms with van der Waals surface area (Å²) in [4.78, 5) is 1.32. The molecule has 1 heterocycles. The van der Waals surface area contributed by atoms with Crippen molar-refractivity contribution in [3.8, 4) is 10.4 Å². The van der Waals surface area contributed by atoms with Crippen molar-refractivity contribution in [2.24, 2.45) is 0 Å². The van der Waals surface area contributed by atoms with Gasteiger partial charge in [0.05, 0.1) is 0 Å². The molecule has 0 unspecified atom stereocenters. The lowest BCUT2D eigenvalue weighted by atomic mass is 10.1. The van der Waals surface area contributed by atoms with Gasteiger partial charge in [-0.15, -0.1) is 11.3 Å². The Balaban J connectivity index is 2.19. The Kier molecular flexibility index (Phi) is 2.26. The van der Waals surface area contributed by atoms with Crippen LogP contribution in [-0.4, -0.2) is 0 Å². The summed E-state index contributed by atoms with van der Waals surface area (Å²) in [5.41, 5.74) is 2.52. The highest BCUT2D eigenvalue weighted by atomic mass is 32.1. The predicted molar refractivity (Wildman–Crippen MR) is 70.8 cm³/mol. The standard InChI is InChI=1S/C15H11S/c1-11-5-4-7-12(9-11)15-10-13-6-2-3-8-14(13)16-15/h2-3,5-10H,1H3. The van der Waals surface area contributed by atoms with Crippen molar-refractivity contribution in [2.45, 2.75) is 6.92 Å². The van der Waals surface area contributed by atoms with E-state index < -0.39 is 0 Å². The quantitative estimate of drug-likeness (QED) is 0.562. The molecule has 0 spiro atoms. The topological polar surface area (TPSA) is 0 Å². The number of thiophene rings is 1. The predicted octanol–water partition coefficient (Wildman–Crippen LogP) is 4.68. The molecule has 1 aromatic heterocycles. The second kappa shape index (κ2) is 3.76. The summed E-state index contributed by atoms with van der Waals surface area (Å²) in [6.07, 6.45) is 0. The third-order valence-electron chi connectivity index (χ3n) is 2.64. The fourth-order valence-electron chi connectivity index (χ4n) is 1.86. The van der Waals surface area contributed by atoms with Gasteiger partial charge in [-0.25, -0.2) is 0 Å². The Labute approximate surface area is 99.2 Å². The Morgan fingerprint density at radius 2 is 1.94 bits per heavy atom. The van der Waals surface area contributed by atoms with Crippen LogP contribution in [-0.2, 0) is 0 Å². The van der Waals surface area contributed by atoms with Crippen LogP contribution in [0.2, 0.25) is 0 Å². The third kappa shape index (κ3) is 1.63.